The van der Waals surface area contributed by atoms with Gasteiger partial charge in [0.05, 0.1) is 6.04 Å². The van der Waals surface area contributed by atoms with E-state index in [2.05, 4.69) is 10.9 Å². The van der Waals surface area contributed by atoms with Crippen molar-refractivity contribution < 1.29 is 9.59 Å². The average molecular weight is 255 g/mol. The molecule has 0 aromatic carbocycles. The van der Waals surface area contributed by atoms with Gasteiger partial charge in [-0.25, -0.2) is 0 Å². The van der Waals surface area contributed by atoms with Crippen molar-refractivity contribution in [3.8, 4) is 0 Å². The van der Waals surface area contributed by atoms with E-state index in [1.165, 1.54) is 6.42 Å². The fourth-order valence-electron chi connectivity index (χ4n) is 2.30. The number of nitrogens with two attached hydrogens (primary N) is 1. The highest BCUT2D eigenvalue weighted by atomic mass is 16.2. The Morgan fingerprint density at radius 2 is 1.78 bits per heavy atom. The molecule has 1 atom stereocenters. The van der Waals surface area contributed by atoms with Gasteiger partial charge in [-0.1, -0.05) is 33.1 Å². The van der Waals surface area contributed by atoms with Crippen LogP contribution in [-0.4, -0.2) is 17.9 Å². The first-order valence-corrected chi connectivity index (χ1v) is 6.86. The van der Waals surface area contributed by atoms with Crippen LogP contribution in [-0.2, 0) is 9.59 Å². The first-order chi connectivity index (χ1) is 8.50. The maximum Gasteiger partial charge on any atom is 0.255 e. The topological polar surface area (TPSA) is 84.2 Å². The SMILES string of the molecule is CC(C)CC(N)C(=O)NNC(=O)C1CCCCC1. The van der Waals surface area contributed by atoms with Crippen LogP contribution in [0.1, 0.15) is 52.4 Å². The molecule has 5 heteroatoms. The Hall–Kier alpha value is -1.10. The minimum absolute atomic E-state index is 0.0420. The lowest BCUT2D eigenvalue weighted by atomic mass is 9.89. The summed E-state index contributed by atoms with van der Waals surface area (Å²) in [5, 5.41) is 0. The van der Waals surface area contributed by atoms with Gasteiger partial charge in [0.1, 0.15) is 0 Å². The molecule has 1 aliphatic rings. The Balaban J connectivity index is 2.26. The summed E-state index contributed by atoms with van der Waals surface area (Å²) in [5.74, 6) is 0.00725. The van der Waals surface area contributed by atoms with Gasteiger partial charge >= 0.3 is 0 Å². The highest BCUT2D eigenvalue weighted by Gasteiger charge is 2.22. The third-order valence-corrected chi connectivity index (χ3v) is 3.35. The van der Waals surface area contributed by atoms with Crippen molar-refractivity contribution in [1.29, 1.82) is 0 Å². The number of hydrazine groups is 1. The maximum atomic E-state index is 11.8. The second kappa shape index (κ2) is 7.36. The van der Waals surface area contributed by atoms with Gasteiger partial charge in [-0.05, 0) is 25.2 Å². The van der Waals surface area contributed by atoms with E-state index < -0.39 is 6.04 Å². The van der Waals surface area contributed by atoms with Crippen molar-refractivity contribution >= 4 is 11.8 Å². The van der Waals surface area contributed by atoms with Crippen molar-refractivity contribution in [2.24, 2.45) is 17.6 Å². The van der Waals surface area contributed by atoms with E-state index in [0.717, 1.165) is 25.7 Å². The molecular formula is C13H25N3O2. The molecule has 0 saturated heterocycles. The number of carbonyl (C=O) groups excluding carboxylic acids is 2. The molecule has 1 saturated carbocycles. The van der Waals surface area contributed by atoms with Crippen LogP contribution in [0, 0.1) is 11.8 Å². The molecule has 18 heavy (non-hydrogen) atoms. The van der Waals surface area contributed by atoms with Crippen molar-refractivity contribution in [2.75, 3.05) is 0 Å². The van der Waals surface area contributed by atoms with E-state index >= 15 is 0 Å². The summed E-state index contributed by atoms with van der Waals surface area (Å²) in [5.41, 5.74) is 10.6. The molecule has 0 bridgehead atoms. The number of rotatable bonds is 4. The summed E-state index contributed by atoms with van der Waals surface area (Å²) in [4.78, 5) is 23.4. The normalized spacial score (nSPS) is 18.4. The van der Waals surface area contributed by atoms with Crippen LogP contribution in [0.25, 0.3) is 0 Å². The highest BCUT2D eigenvalue weighted by molar-refractivity contribution is 5.85. The minimum atomic E-state index is -0.559. The van der Waals surface area contributed by atoms with Crippen molar-refractivity contribution in [2.45, 2.75) is 58.4 Å². The number of amides is 2. The van der Waals surface area contributed by atoms with Crippen LogP contribution in [0.3, 0.4) is 0 Å². The van der Waals surface area contributed by atoms with Crippen LogP contribution in [0.15, 0.2) is 0 Å². The lowest BCUT2D eigenvalue weighted by Gasteiger charge is -2.21. The van der Waals surface area contributed by atoms with Gasteiger partial charge < -0.3 is 5.73 Å². The van der Waals surface area contributed by atoms with E-state index in [4.69, 9.17) is 5.73 Å². The molecule has 5 nitrogen and oxygen atoms in total. The Labute approximate surface area is 109 Å². The zero-order valence-corrected chi connectivity index (χ0v) is 11.4. The van der Waals surface area contributed by atoms with Crippen LogP contribution in [0.2, 0.25) is 0 Å². The summed E-state index contributed by atoms with van der Waals surface area (Å²) in [7, 11) is 0. The molecule has 1 fully saturated rings. The molecule has 4 N–H and O–H groups in total. The highest BCUT2D eigenvalue weighted by Crippen LogP contribution is 2.23. The molecule has 0 aliphatic heterocycles. The second-order valence-electron chi connectivity index (χ2n) is 5.55. The molecule has 0 heterocycles. The summed E-state index contributed by atoms with van der Waals surface area (Å²) >= 11 is 0. The summed E-state index contributed by atoms with van der Waals surface area (Å²) in [6, 6.07) is -0.559. The van der Waals surface area contributed by atoms with Gasteiger partial charge in [-0.15, -0.1) is 0 Å². The van der Waals surface area contributed by atoms with Crippen molar-refractivity contribution in [3.63, 3.8) is 0 Å². The standard InChI is InChI=1S/C13H25N3O2/c1-9(2)8-11(14)13(18)16-15-12(17)10-6-4-3-5-7-10/h9-11H,3-8,14H2,1-2H3,(H,15,17)(H,16,18). The molecule has 0 spiro atoms. The fourth-order valence-corrected chi connectivity index (χ4v) is 2.30. The van der Waals surface area contributed by atoms with E-state index in [-0.39, 0.29) is 17.7 Å². The lowest BCUT2D eigenvalue weighted by Crippen LogP contribution is -2.51. The van der Waals surface area contributed by atoms with Gasteiger partial charge in [0.15, 0.2) is 0 Å². The van der Waals surface area contributed by atoms with Crippen LogP contribution < -0.4 is 16.6 Å². The molecule has 1 unspecified atom stereocenters. The fraction of sp³-hybridized carbons (Fsp3) is 0.846. The number of hydrogen-bond acceptors (Lipinski definition) is 3. The first kappa shape index (κ1) is 15.0. The third-order valence-electron chi connectivity index (χ3n) is 3.35. The quantitative estimate of drug-likeness (QED) is 0.657. The molecule has 104 valence electrons. The number of nitrogens with one attached hydrogen (secondary N) is 2. The van der Waals surface area contributed by atoms with Crippen LogP contribution in [0.5, 0.6) is 0 Å². The monoisotopic (exact) mass is 255 g/mol. The molecule has 0 aromatic heterocycles. The summed E-state index contributed by atoms with van der Waals surface area (Å²) in [6.45, 7) is 4.02. The third kappa shape index (κ3) is 5.04. The average Bonchev–Trinajstić information content (AvgIpc) is 2.35. The van der Waals surface area contributed by atoms with Crippen LogP contribution >= 0.6 is 0 Å². The van der Waals surface area contributed by atoms with E-state index in [0.29, 0.717) is 12.3 Å². The Kier molecular flexibility index (Phi) is 6.12. The van der Waals surface area contributed by atoms with E-state index in [1.807, 2.05) is 13.8 Å². The molecular weight excluding hydrogens is 230 g/mol. The van der Waals surface area contributed by atoms with E-state index in [1.54, 1.807) is 0 Å². The molecule has 1 aliphatic carbocycles. The predicted octanol–water partition coefficient (Wildman–Crippen LogP) is 1.09. The van der Waals surface area contributed by atoms with Gasteiger partial charge in [0.2, 0.25) is 5.91 Å². The minimum Gasteiger partial charge on any atom is -0.320 e. The van der Waals surface area contributed by atoms with Crippen molar-refractivity contribution in [1.82, 2.24) is 10.9 Å². The Morgan fingerprint density at radius 1 is 1.17 bits per heavy atom. The summed E-state index contributed by atoms with van der Waals surface area (Å²) in [6.07, 6.45) is 5.85. The maximum absolute atomic E-state index is 11.8. The Morgan fingerprint density at radius 3 is 2.33 bits per heavy atom. The molecule has 0 radical (unpaired) electrons. The largest absolute Gasteiger partial charge is 0.320 e. The van der Waals surface area contributed by atoms with E-state index in [9.17, 15) is 9.59 Å². The number of hydrogen-bond donors (Lipinski definition) is 3. The second-order valence-corrected chi connectivity index (χ2v) is 5.55. The Bertz CT molecular complexity index is 286. The molecule has 2 amide bonds. The predicted molar refractivity (Wildman–Crippen MR) is 70.3 cm³/mol. The van der Waals surface area contributed by atoms with Gasteiger partial charge in [-0.2, -0.15) is 0 Å². The molecule has 0 aromatic rings. The van der Waals surface area contributed by atoms with Gasteiger partial charge in [-0.3, -0.25) is 20.4 Å². The smallest absolute Gasteiger partial charge is 0.255 e. The number of carbonyl (C=O) groups is 2. The van der Waals surface area contributed by atoms with Crippen LogP contribution in [0.4, 0.5) is 0 Å². The summed E-state index contributed by atoms with van der Waals surface area (Å²) < 4.78 is 0. The zero-order valence-electron chi connectivity index (χ0n) is 11.4. The lowest BCUT2D eigenvalue weighted by molar-refractivity contribution is -0.132. The van der Waals surface area contributed by atoms with Gasteiger partial charge in [0, 0.05) is 5.92 Å². The first-order valence-electron chi connectivity index (χ1n) is 6.86. The van der Waals surface area contributed by atoms with Gasteiger partial charge in [0.25, 0.3) is 5.91 Å². The van der Waals surface area contributed by atoms with Crippen molar-refractivity contribution in [3.05, 3.63) is 0 Å². The molecule has 1 rings (SSSR count). The zero-order chi connectivity index (χ0) is 13.5.